The lowest BCUT2D eigenvalue weighted by molar-refractivity contribution is -0.148. The van der Waals surface area contributed by atoms with E-state index in [0.717, 1.165) is 25.0 Å². The number of rotatable bonds is 11. The van der Waals surface area contributed by atoms with Crippen LogP contribution in [0.4, 0.5) is 0 Å². The van der Waals surface area contributed by atoms with Crippen LogP contribution < -0.4 is 4.74 Å². The normalized spacial score (nSPS) is 12.0. The van der Waals surface area contributed by atoms with Gasteiger partial charge in [-0.1, -0.05) is 45.7 Å². The van der Waals surface area contributed by atoms with Gasteiger partial charge in [0.25, 0.3) is 0 Å². The smallest absolute Gasteiger partial charge is 0.308 e. The van der Waals surface area contributed by atoms with Gasteiger partial charge in [-0.05, 0) is 37.0 Å². The van der Waals surface area contributed by atoms with Crippen LogP contribution in [0.15, 0.2) is 24.3 Å². The zero-order chi connectivity index (χ0) is 16.2. The molecule has 1 rings (SSSR count). The lowest BCUT2D eigenvalue weighted by Gasteiger charge is -2.10. The molecule has 3 heteroatoms. The summed E-state index contributed by atoms with van der Waals surface area (Å²) in [4.78, 5) is 11.5. The molecule has 3 nitrogen and oxygen atoms in total. The first kappa shape index (κ1) is 18.5. The summed E-state index contributed by atoms with van der Waals surface area (Å²) in [7, 11) is 0. The van der Waals surface area contributed by atoms with Crippen LogP contribution in [-0.2, 0) is 16.0 Å². The van der Waals surface area contributed by atoms with E-state index in [1.165, 1.54) is 24.8 Å². The van der Waals surface area contributed by atoms with Gasteiger partial charge in [0.05, 0.1) is 19.1 Å². The summed E-state index contributed by atoms with van der Waals surface area (Å²) in [6.07, 6.45) is 6.47. The Morgan fingerprint density at radius 2 is 1.77 bits per heavy atom. The molecule has 0 saturated heterocycles. The number of ether oxygens (including phenoxy) is 2. The van der Waals surface area contributed by atoms with Gasteiger partial charge in [-0.25, -0.2) is 0 Å². The van der Waals surface area contributed by atoms with E-state index in [0.29, 0.717) is 13.2 Å². The molecule has 0 N–H and O–H groups in total. The highest BCUT2D eigenvalue weighted by atomic mass is 16.5. The van der Waals surface area contributed by atoms with Crippen LogP contribution in [0.5, 0.6) is 5.75 Å². The molecule has 0 saturated carbocycles. The molecule has 1 aromatic carbocycles. The van der Waals surface area contributed by atoms with Crippen molar-refractivity contribution in [3.05, 3.63) is 29.8 Å². The summed E-state index contributed by atoms with van der Waals surface area (Å²) in [6, 6.07) is 8.31. The molecule has 0 spiro atoms. The van der Waals surface area contributed by atoms with Crippen molar-refractivity contribution in [2.75, 3.05) is 13.2 Å². The van der Waals surface area contributed by atoms with Crippen molar-refractivity contribution in [2.45, 2.75) is 59.3 Å². The van der Waals surface area contributed by atoms with Gasteiger partial charge in [-0.15, -0.1) is 0 Å². The molecule has 0 heterocycles. The van der Waals surface area contributed by atoms with Crippen LogP contribution in [-0.4, -0.2) is 19.2 Å². The third-order valence-corrected chi connectivity index (χ3v) is 3.81. The molecular weight excluding hydrogens is 276 g/mol. The molecular formula is C19H30O3. The molecule has 0 aliphatic carbocycles. The Hall–Kier alpha value is -1.51. The van der Waals surface area contributed by atoms with Crippen molar-refractivity contribution < 1.29 is 14.3 Å². The highest BCUT2D eigenvalue weighted by Crippen LogP contribution is 2.14. The number of carbonyl (C=O) groups excluding carboxylic acids is 1. The molecule has 0 bridgehead atoms. The fourth-order valence-corrected chi connectivity index (χ4v) is 2.06. The number of esters is 1. The molecule has 1 atom stereocenters. The molecule has 0 aliphatic heterocycles. The van der Waals surface area contributed by atoms with Crippen LogP contribution >= 0.6 is 0 Å². The molecule has 0 radical (unpaired) electrons. The quantitative estimate of drug-likeness (QED) is 0.436. The molecule has 124 valence electrons. The van der Waals surface area contributed by atoms with Crippen LogP contribution in [0.1, 0.15) is 58.4 Å². The molecule has 0 aliphatic rings. The minimum absolute atomic E-state index is 0.0128. The Balaban J connectivity index is 2.16. The average molecular weight is 306 g/mol. The monoisotopic (exact) mass is 306 g/mol. The molecule has 22 heavy (non-hydrogen) atoms. The maximum atomic E-state index is 11.5. The number of hydrogen-bond acceptors (Lipinski definition) is 3. The first-order valence-corrected chi connectivity index (χ1v) is 8.55. The van der Waals surface area contributed by atoms with Gasteiger partial charge in [0.2, 0.25) is 0 Å². The summed E-state index contributed by atoms with van der Waals surface area (Å²) in [6.45, 7) is 7.10. The molecule has 0 aromatic heterocycles. The summed E-state index contributed by atoms with van der Waals surface area (Å²) in [5.74, 6) is 0.757. The third-order valence-electron chi connectivity index (χ3n) is 3.81. The summed E-state index contributed by atoms with van der Waals surface area (Å²) >= 11 is 0. The third kappa shape index (κ3) is 7.48. The fraction of sp³-hybridized carbons (Fsp3) is 0.632. The maximum absolute atomic E-state index is 11.5. The molecule has 0 fully saturated rings. The van der Waals surface area contributed by atoms with Gasteiger partial charge in [-0.2, -0.15) is 0 Å². The zero-order valence-corrected chi connectivity index (χ0v) is 14.3. The number of aryl methyl sites for hydroxylation is 1. The van der Waals surface area contributed by atoms with Crippen LogP contribution in [0.3, 0.4) is 0 Å². The minimum Gasteiger partial charge on any atom is -0.493 e. The Morgan fingerprint density at radius 1 is 1.05 bits per heavy atom. The molecule has 0 amide bonds. The second kappa shape index (κ2) is 11.1. The number of unbranched alkanes of at least 4 members (excludes halogenated alkanes) is 2. The second-order valence-electron chi connectivity index (χ2n) is 5.78. The van der Waals surface area contributed by atoms with Gasteiger partial charge in [0.15, 0.2) is 0 Å². The van der Waals surface area contributed by atoms with E-state index in [2.05, 4.69) is 19.1 Å². The topological polar surface area (TPSA) is 35.5 Å². The van der Waals surface area contributed by atoms with Gasteiger partial charge < -0.3 is 9.47 Å². The van der Waals surface area contributed by atoms with Crippen LogP contribution in [0, 0.1) is 5.92 Å². The van der Waals surface area contributed by atoms with Crippen LogP contribution in [0.2, 0.25) is 0 Å². The zero-order valence-electron chi connectivity index (χ0n) is 14.3. The summed E-state index contributed by atoms with van der Waals surface area (Å²) < 4.78 is 10.9. The van der Waals surface area contributed by atoms with Gasteiger partial charge in [0, 0.05) is 6.42 Å². The van der Waals surface area contributed by atoms with Crippen molar-refractivity contribution in [1.82, 2.24) is 0 Å². The van der Waals surface area contributed by atoms with Crippen molar-refractivity contribution in [3.63, 3.8) is 0 Å². The Kier molecular flexibility index (Phi) is 9.36. The first-order valence-electron chi connectivity index (χ1n) is 8.55. The number of hydrogen-bond donors (Lipinski definition) is 0. The standard InChI is InChI=1S/C19H30O3/c1-4-6-7-9-17-10-12-18(13-11-17)21-14-8-15-22-19(20)16(3)5-2/h10-13,16H,4-9,14-15H2,1-3H3. The van der Waals surface area contributed by atoms with Crippen LogP contribution in [0.25, 0.3) is 0 Å². The van der Waals surface area contributed by atoms with E-state index in [1.807, 2.05) is 26.0 Å². The van der Waals surface area contributed by atoms with E-state index < -0.39 is 0 Å². The number of benzene rings is 1. The summed E-state index contributed by atoms with van der Waals surface area (Å²) in [5.41, 5.74) is 1.36. The van der Waals surface area contributed by atoms with Crippen molar-refractivity contribution in [2.24, 2.45) is 5.92 Å². The molecule has 1 unspecified atom stereocenters. The van der Waals surface area contributed by atoms with Gasteiger partial charge >= 0.3 is 5.97 Å². The van der Waals surface area contributed by atoms with E-state index in [4.69, 9.17) is 9.47 Å². The van der Waals surface area contributed by atoms with E-state index in [1.54, 1.807) is 0 Å². The predicted octanol–water partition coefficient (Wildman–Crippen LogP) is 4.78. The van der Waals surface area contributed by atoms with Crippen molar-refractivity contribution >= 4 is 5.97 Å². The Bertz CT molecular complexity index is 411. The highest BCUT2D eigenvalue weighted by molar-refractivity contribution is 5.71. The van der Waals surface area contributed by atoms with Crippen molar-refractivity contribution in [3.8, 4) is 5.75 Å². The van der Waals surface area contributed by atoms with Gasteiger partial charge in [0.1, 0.15) is 5.75 Å². The van der Waals surface area contributed by atoms with E-state index >= 15 is 0 Å². The Labute approximate surface area is 135 Å². The van der Waals surface area contributed by atoms with Crippen molar-refractivity contribution in [1.29, 1.82) is 0 Å². The van der Waals surface area contributed by atoms with E-state index in [-0.39, 0.29) is 11.9 Å². The van der Waals surface area contributed by atoms with E-state index in [9.17, 15) is 4.79 Å². The number of carbonyl (C=O) groups is 1. The fourth-order valence-electron chi connectivity index (χ4n) is 2.06. The average Bonchev–Trinajstić information content (AvgIpc) is 2.55. The SMILES string of the molecule is CCCCCc1ccc(OCCCOC(=O)C(C)CC)cc1. The largest absolute Gasteiger partial charge is 0.493 e. The molecule has 1 aromatic rings. The highest BCUT2D eigenvalue weighted by Gasteiger charge is 2.11. The first-order chi connectivity index (χ1) is 10.7. The van der Waals surface area contributed by atoms with Gasteiger partial charge in [-0.3, -0.25) is 4.79 Å². The lowest BCUT2D eigenvalue weighted by Crippen LogP contribution is -2.15. The predicted molar refractivity (Wildman–Crippen MR) is 90.2 cm³/mol. The summed E-state index contributed by atoms with van der Waals surface area (Å²) in [5, 5.41) is 0. The second-order valence-corrected chi connectivity index (χ2v) is 5.78. The Morgan fingerprint density at radius 3 is 2.41 bits per heavy atom. The minimum atomic E-state index is -0.112. The lowest BCUT2D eigenvalue weighted by atomic mass is 10.1. The maximum Gasteiger partial charge on any atom is 0.308 e.